The molecule has 0 amide bonds. The first-order valence-electron chi connectivity index (χ1n) is 27.2. The molecule has 0 atom stereocenters. The fourth-order valence-corrected chi connectivity index (χ4v) is 13.8. The Morgan fingerprint density at radius 2 is 0.605 bits per heavy atom. The lowest BCUT2D eigenvalue weighted by molar-refractivity contribution is 0.353. The van der Waals surface area contributed by atoms with Crippen LogP contribution in [0.1, 0.15) is 43.2 Å². The smallest absolute Gasteiger partial charge is 0.0541 e. The van der Waals surface area contributed by atoms with E-state index in [2.05, 4.69) is 264 Å². The summed E-state index contributed by atoms with van der Waals surface area (Å²) in [6.45, 7) is 0. The van der Waals surface area contributed by atoms with Crippen LogP contribution in [-0.4, -0.2) is 9.13 Å². The first-order chi connectivity index (χ1) is 37.6. The van der Waals surface area contributed by atoms with E-state index in [4.69, 9.17) is 0 Å². The van der Waals surface area contributed by atoms with Gasteiger partial charge in [0.2, 0.25) is 0 Å². The summed E-state index contributed by atoms with van der Waals surface area (Å²) in [5.41, 5.74) is 23.2. The van der Waals surface area contributed by atoms with Crippen molar-refractivity contribution in [1.29, 1.82) is 0 Å². The molecule has 0 radical (unpaired) electrons. The second-order valence-corrected chi connectivity index (χ2v) is 21.6. The summed E-state index contributed by atoms with van der Waals surface area (Å²) in [5.74, 6) is 0. The topological polar surface area (TPSA) is 9.86 Å². The highest BCUT2D eigenvalue weighted by atomic mass is 15.0. The van der Waals surface area contributed by atoms with Crippen LogP contribution in [0, 0.1) is 0 Å². The number of fused-ring (bicyclic) bond motifs is 13. The highest BCUT2D eigenvalue weighted by molar-refractivity contribution is 6.12. The molecule has 358 valence electrons. The van der Waals surface area contributed by atoms with Gasteiger partial charge in [-0.1, -0.05) is 201 Å². The third-order valence-electron chi connectivity index (χ3n) is 17.5. The van der Waals surface area contributed by atoms with E-state index in [0.29, 0.717) is 0 Å². The molecule has 0 unspecified atom stereocenters. The van der Waals surface area contributed by atoms with Gasteiger partial charge in [0.25, 0.3) is 0 Å². The lowest BCUT2D eigenvalue weighted by atomic mass is 9.67. The minimum atomic E-state index is 0.0255. The normalized spacial score (nSPS) is 13.9. The Bertz CT molecular complexity index is 4360. The van der Waals surface area contributed by atoms with E-state index in [-0.39, 0.29) is 5.41 Å². The van der Waals surface area contributed by atoms with Crippen LogP contribution in [0.5, 0.6) is 0 Å². The monoisotopic (exact) mass is 968 g/mol. The molecule has 1 saturated carbocycles. The number of hydrogen-bond donors (Lipinski definition) is 0. The van der Waals surface area contributed by atoms with Gasteiger partial charge in [0.15, 0.2) is 0 Å². The van der Waals surface area contributed by atoms with Gasteiger partial charge in [0.05, 0.1) is 22.1 Å². The molecule has 1 spiro atoms. The molecule has 2 nitrogen and oxygen atoms in total. The first-order valence-corrected chi connectivity index (χ1v) is 27.2. The summed E-state index contributed by atoms with van der Waals surface area (Å²) >= 11 is 0. The molecule has 1 fully saturated rings. The van der Waals surface area contributed by atoms with E-state index in [9.17, 15) is 0 Å². The molecule has 2 aromatic heterocycles. The molecule has 76 heavy (non-hydrogen) atoms. The Labute approximate surface area is 442 Å². The molecule has 14 aromatic rings. The van der Waals surface area contributed by atoms with Crippen LogP contribution in [0.4, 0.5) is 0 Å². The number of aromatic nitrogens is 2. The van der Waals surface area contributed by atoms with Crippen LogP contribution in [0.3, 0.4) is 0 Å². The Hall–Kier alpha value is -9.24. The second-order valence-electron chi connectivity index (χ2n) is 21.6. The molecule has 2 aliphatic carbocycles. The summed E-state index contributed by atoms with van der Waals surface area (Å²) in [7, 11) is 0. The predicted molar refractivity (Wildman–Crippen MR) is 321 cm³/mol. The molecule has 2 heteroatoms. The van der Waals surface area contributed by atoms with Gasteiger partial charge >= 0.3 is 0 Å². The predicted octanol–water partition coefficient (Wildman–Crippen LogP) is 20.1. The van der Waals surface area contributed by atoms with E-state index in [0.717, 1.165) is 0 Å². The van der Waals surface area contributed by atoms with Gasteiger partial charge in [-0.05, 0) is 174 Å². The van der Waals surface area contributed by atoms with Crippen molar-refractivity contribution in [3.63, 3.8) is 0 Å². The summed E-state index contributed by atoms with van der Waals surface area (Å²) < 4.78 is 4.84. The molecule has 0 saturated heterocycles. The van der Waals surface area contributed by atoms with Crippen LogP contribution in [-0.2, 0) is 5.41 Å². The van der Waals surface area contributed by atoms with E-state index in [1.165, 1.54) is 175 Å². The number of para-hydroxylation sites is 2. The maximum Gasteiger partial charge on any atom is 0.0541 e. The van der Waals surface area contributed by atoms with Crippen LogP contribution in [0.2, 0.25) is 0 Å². The van der Waals surface area contributed by atoms with Crippen LogP contribution in [0.15, 0.2) is 255 Å². The van der Waals surface area contributed by atoms with Crippen LogP contribution >= 0.6 is 0 Å². The van der Waals surface area contributed by atoms with Crippen LogP contribution in [0.25, 0.3) is 132 Å². The molecule has 0 bridgehead atoms. The third kappa shape index (κ3) is 6.66. The lowest BCUT2D eigenvalue weighted by Gasteiger charge is -2.36. The average Bonchev–Trinajstić information content (AvgIpc) is 4.12. The van der Waals surface area contributed by atoms with Crippen molar-refractivity contribution < 1.29 is 0 Å². The summed E-state index contributed by atoms with van der Waals surface area (Å²) in [4.78, 5) is 0. The van der Waals surface area contributed by atoms with Crippen molar-refractivity contribution >= 4 is 65.2 Å². The van der Waals surface area contributed by atoms with Crippen molar-refractivity contribution in [3.8, 4) is 67.0 Å². The Morgan fingerprint density at radius 1 is 0.250 bits per heavy atom. The quantitative estimate of drug-likeness (QED) is 0.157. The number of rotatable bonds is 6. The molecule has 2 aliphatic rings. The van der Waals surface area contributed by atoms with E-state index in [1.54, 1.807) is 0 Å². The minimum absolute atomic E-state index is 0.0255. The minimum Gasteiger partial charge on any atom is -0.309 e. The van der Waals surface area contributed by atoms with Crippen LogP contribution < -0.4 is 0 Å². The fourth-order valence-electron chi connectivity index (χ4n) is 13.8. The number of nitrogens with zero attached hydrogens (tertiary/aromatic N) is 2. The van der Waals surface area contributed by atoms with E-state index in [1.807, 2.05) is 0 Å². The Balaban J connectivity index is 0.699. The van der Waals surface area contributed by atoms with Gasteiger partial charge in [-0.25, -0.2) is 0 Å². The third-order valence-corrected chi connectivity index (χ3v) is 17.5. The summed E-state index contributed by atoms with van der Waals surface area (Å²) in [5, 5.41) is 10.1. The molecule has 16 rings (SSSR count). The van der Waals surface area contributed by atoms with E-state index >= 15 is 0 Å². The SMILES string of the molecule is c1ccc2cc(-n3c4ccccc4c4cc(-c5ccc(-c6ccc7c(c6)C6(CCCCC6)c6cc(-c8ccc(-c9ccc%10c(c9)c9ccccc9n%10-c9ccc%10ccccc%10c9)cc8)ccc6-7)cc5)ccc43)ccc2c1. The zero-order valence-corrected chi connectivity index (χ0v) is 42.2. The van der Waals surface area contributed by atoms with Crippen molar-refractivity contribution in [1.82, 2.24) is 9.13 Å². The average molecular weight is 969 g/mol. The van der Waals surface area contributed by atoms with Crippen molar-refractivity contribution in [2.45, 2.75) is 37.5 Å². The maximum absolute atomic E-state index is 2.55. The van der Waals surface area contributed by atoms with Gasteiger partial charge in [-0.2, -0.15) is 0 Å². The maximum atomic E-state index is 2.55. The standard InChI is InChI=1S/C74H52N2/c1-10-40-74(41-11-1)68-46-58(52-24-20-50(21-25-52)56-32-38-72-66(44-56)64-16-6-8-18-70(64)75(72)60-34-28-48-12-2-4-14-54(48)42-60)30-36-62(68)63-37-31-59(47-69(63)74)53-26-22-51(23-27-53)57-33-39-73-67(45-57)65-17-7-9-19-71(65)76(73)61-35-29-49-13-3-5-15-55(49)43-61/h2-9,12-39,42-47H,1,10-11,40-41H2. The van der Waals surface area contributed by atoms with Gasteiger partial charge in [0, 0.05) is 38.3 Å². The molecular formula is C74H52N2. The Morgan fingerprint density at radius 3 is 1.05 bits per heavy atom. The first kappa shape index (κ1) is 43.2. The molecule has 0 aliphatic heterocycles. The van der Waals surface area contributed by atoms with Crippen molar-refractivity contribution in [3.05, 3.63) is 266 Å². The highest BCUT2D eigenvalue weighted by Crippen LogP contribution is 2.57. The van der Waals surface area contributed by atoms with E-state index < -0.39 is 0 Å². The van der Waals surface area contributed by atoms with Crippen molar-refractivity contribution in [2.24, 2.45) is 0 Å². The zero-order chi connectivity index (χ0) is 49.9. The fraction of sp³-hybridized carbons (Fsp3) is 0.0811. The largest absolute Gasteiger partial charge is 0.309 e. The molecule has 0 N–H and O–H groups in total. The summed E-state index contributed by atoms with van der Waals surface area (Å²) in [6, 6.07) is 95.8. The number of benzene rings is 12. The van der Waals surface area contributed by atoms with Gasteiger partial charge in [-0.3, -0.25) is 0 Å². The van der Waals surface area contributed by atoms with Gasteiger partial charge < -0.3 is 9.13 Å². The Kier molecular flexibility index (Phi) is 9.60. The molecule has 2 heterocycles. The lowest BCUT2D eigenvalue weighted by Crippen LogP contribution is -2.28. The summed E-state index contributed by atoms with van der Waals surface area (Å²) in [6.07, 6.45) is 6.20. The molecule has 12 aromatic carbocycles. The number of hydrogen-bond acceptors (Lipinski definition) is 0. The van der Waals surface area contributed by atoms with Gasteiger partial charge in [-0.15, -0.1) is 0 Å². The molecular weight excluding hydrogens is 917 g/mol. The zero-order valence-electron chi connectivity index (χ0n) is 42.2. The highest BCUT2D eigenvalue weighted by Gasteiger charge is 2.44. The second kappa shape index (κ2) is 16.9. The van der Waals surface area contributed by atoms with Gasteiger partial charge in [0.1, 0.15) is 0 Å². The van der Waals surface area contributed by atoms with Crippen molar-refractivity contribution in [2.75, 3.05) is 0 Å².